The van der Waals surface area contributed by atoms with Crippen LogP contribution in [0.2, 0.25) is 0 Å². The standard InChI is InChI=1S/C33H43F3O8/c1-24(22-37)31(39)43-19-17-41-29-13-9-26(10-14-29)8-11-27-12-15-30(42-18-20-44-32(40)25(2)23-38)21-28(27)7-5-3-4-6-16-33(34,35)36/h9-10,12-15,21,31,37-39H,1-8,11,16-20,22-23H2. The maximum Gasteiger partial charge on any atom is 0.389 e. The summed E-state index contributed by atoms with van der Waals surface area (Å²) in [5.41, 5.74) is 3.38. The van der Waals surface area contributed by atoms with Gasteiger partial charge in [-0.3, -0.25) is 0 Å². The number of halogens is 3. The lowest BCUT2D eigenvalue weighted by atomic mass is 9.95. The van der Waals surface area contributed by atoms with Crippen molar-refractivity contribution < 1.29 is 52.2 Å². The lowest BCUT2D eigenvalue weighted by Gasteiger charge is -2.14. The Morgan fingerprint density at radius 3 is 2.11 bits per heavy atom. The Labute approximate surface area is 256 Å². The highest BCUT2D eigenvalue weighted by Crippen LogP contribution is 2.25. The van der Waals surface area contributed by atoms with Gasteiger partial charge in [-0.15, -0.1) is 0 Å². The van der Waals surface area contributed by atoms with Crippen LogP contribution in [0.3, 0.4) is 0 Å². The summed E-state index contributed by atoms with van der Waals surface area (Å²) in [5.74, 6) is 0.551. The van der Waals surface area contributed by atoms with Crippen molar-refractivity contribution in [1.82, 2.24) is 0 Å². The van der Waals surface area contributed by atoms with Gasteiger partial charge in [-0.05, 0) is 73.1 Å². The van der Waals surface area contributed by atoms with Crippen molar-refractivity contribution in [3.63, 3.8) is 0 Å². The van der Waals surface area contributed by atoms with E-state index in [2.05, 4.69) is 13.2 Å². The van der Waals surface area contributed by atoms with Crippen LogP contribution >= 0.6 is 0 Å². The first-order chi connectivity index (χ1) is 21.0. The number of ether oxygens (including phenoxy) is 4. The molecule has 2 aromatic rings. The topological polar surface area (TPSA) is 115 Å². The third-order valence-electron chi connectivity index (χ3n) is 6.69. The molecule has 44 heavy (non-hydrogen) atoms. The molecule has 0 saturated carbocycles. The Kier molecular flexibility index (Phi) is 16.6. The van der Waals surface area contributed by atoms with Gasteiger partial charge in [-0.25, -0.2) is 4.79 Å². The maximum absolute atomic E-state index is 12.4. The molecule has 1 unspecified atom stereocenters. The fourth-order valence-electron chi connectivity index (χ4n) is 4.17. The number of hydrogen-bond donors (Lipinski definition) is 3. The molecule has 0 bridgehead atoms. The van der Waals surface area contributed by atoms with Gasteiger partial charge in [0.25, 0.3) is 0 Å². The van der Waals surface area contributed by atoms with Crippen LogP contribution in [0.25, 0.3) is 0 Å². The minimum absolute atomic E-state index is 0.0116. The summed E-state index contributed by atoms with van der Waals surface area (Å²) in [6, 6.07) is 13.4. The summed E-state index contributed by atoms with van der Waals surface area (Å²) >= 11 is 0. The summed E-state index contributed by atoms with van der Waals surface area (Å²) < 4.78 is 58.9. The molecule has 244 valence electrons. The van der Waals surface area contributed by atoms with E-state index in [1.165, 1.54) is 0 Å². The smallest absolute Gasteiger partial charge is 0.389 e. The highest BCUT2D eigenvalue weighted by molar-refractivity contribution is 5.87. The summed E-state index contributed by atoms with van der Waals surface area (Å²) in [7, 11) is 0. The number of rotatable bonds is 22. The van der Waals surface area contributed by atoms with Gasteiger partial charge in [0, 0.05) is 12.0 Å². The molecular formula is C33H43F3O8. The molecule has 0 amide bonds. The first kappa shape index (κ1) is 36.8. The molecule has 0 aliphatic carbocycles. The van der Waals surface area contributed by atoms with Crippen molar-refractivity contribution in [2.45, 2.75) is 63.8 Å². The van der Waals surface area contributed by atoms with Gasteiger partial charge in [0.2, 0.25) is 0 Å². The number of esters is 1. The zero-order chi connectivity index (χ0) is 32.4. The first-order valence-electron chi connectivity index (χ1n) is 14.6. The first-order valence-corrected chi connectivity index (χ1v) is 14.6. The van der Waals surface area contributed by atoms with E-state index in [1.807, 2.05) is 42.5 Å². The fourth-order valence-corrected chi connectivity index (χ4v) is 4.17. The Hall–Kier alpha value is -3.38. The van der Waals surface area contributed by atoms with Crippen LogP contribution in [0.1, 0.15) is 48.8 Å². The molecule has 0 spiro atoms. The fraction of sp³-hybridized carbons (Fsp3) is 0.485. The predicted octanol–water partition coefficient (Wildman–Crippen LogP) is 5.26. The second-order valence-corrected chi connectivity index (χ2v) is 10.2. The number of hydrogen-bond acceptors (Lipinski definition) is 8. The lowest BCUT2D eigenvalue weighted by Crippen LogP contribution is -2.20. The molecule has 1 atom stereocenters. The molecule has 0 aliphatic heterocycles. The van der Waals surface area contributed by atoms with E-state index in [1.54, 1.807) is 0 Å². The second-order valence-electron chi connectivity index (χ2n) is 10.2. The molecule has 2 aromatic carbocycles. The number of aliphatic hydroxyl groups is 3. The van der Waals surface area contributed by atoms with Crippen LogP contribution in [0.4, 0.5) is 13.2 Å². The molecule has 0 aliphatic rings. The van der Waals surface area contributed by atoms with Crippen molar-refractivity contribution >= 4 is 5.97 Å². The Bertz CT molecular complexity index is 1160. The summed E-state index contributed by atoms with van der Waals surface area (Å²) in [6.07, 6.45) is -1.88. The number of aliphatic hydroxyl groups excluding tert-OH is 3. The van der Waals surface area contributed by atoms with Gasteiger partial charge < -0.3 is 34.3 Å². The van der Waals surface area contributed by atoms with Crippen LogP contribution in [0.15, 0.2) is 66.8 Å². The predicted molar refractivity (Wildman–Crippen MR) is 159 cm³/mol. The molecule has 0 radical (unpaired) electrons. The summed E-state index contributed by atoms with van der Waals surface area (Å²) in [4.78, 5) is 11.6. The van der Waals surface area contributed by atoms with Gasteiger partial charge in [0.1, 0.15) is 31.3 Å². The van der Waals surface area contributed by atoms with Crippen LogP contribution < -0.4 is 9.47 Å². The largest absolute Gasteiger partial charge is 0.491 e. The maximum atomic E-state index is 12.4. The van der Waals surface area contributed by atoms with Gasteiger partial charge >= 0.3 is 12.1 Å². The molecule has 0 fully saturated rings. The van der Waals surface area contributed by atoms with E-state index in [4.69, 9.17) is 29.2 Å². The third kappa shape index (κ3) is 14.9. The third-order valence-corrected chi connectivity index (χ3v) is 6.69. The van der Waals surface area contributed by atoms with E-state index in [0.29, 0.717) is 30.8 Å². The van der Waals surface area contributed by atoms with Crippen LogP contribution in [-0.4, -0.2) is 73.4 Å². The van der Waals surface area contributed by atoms with Crippen molar-refractivity contribution in [1.29, 1.82) is 0 Å². The van der Waals surface area contributed by atoms with E-state index >= 15 is 0 Å². The number of unbranched alkanes of at least 4 members (excludes halogenated alkanes) is 3. The van der Waals surface area contributed by atoms with Crippen molar-refractivity contribution in [3.05, 3.63) is 83.5 Å². The average Bonchev–Trinajstić information content (AvgIpc) is 3.01. The van der Waals surface area contributed by atoms with Crippen molar-refractivity contribution in [2.24, 2.45) is 0 Å². The number of carbonyl (C=O) groups excluding carboxylic acids is 1. The van der Waals surface area contributed by atoms with E-state index in [9.17, 15) is 23.1 Å². The normalized spacial score (nSPS) is 12.0. The van der Waals surface area contributed by atoms with Crippen LogP contribution in [0.5, 0.6) is 11.5 Å². The van der Waals surface area contributed by atoms with E-state index < -0.39 is 31.5 Å². The Morgan fingerprint density at radius 2 is 1.43 bits per heavy atom. The van der Waals surface area contributed by atoms with Crippen LogP contribution in [0, 0.1) is 0 Å². The number of carbonyl (C=O) groups is 1. The summed E-state index contributed by atoms with van der Waals surface area (Å²) in [6.45, 7) is 6.50. The molecule has 11 heteroatoms. The quantitative estimate of drug-likeness (QED) is 0.0535. The zero-order valence-corrected chi connectivity index (χ0v) is 24.9. The number of benzene rings is 2. The van der Waals surface area contributed by atoms with Gasteiger partial charge in [0.05, 0.1) is 25.4 Å². The SMILES string of the molecule is C=C(CO)C(=O)OCCOc1ccc(CCc2ccc(OCCOC(O)C(=C)CO)cc2)c(CCCCCCC(F)(F)F)c1. The molecule has 0 aromatic heterocycles. The molecule has 0 saturated heterocycles. The second kappa shape index (κ2) is 19.8. The minimum Gasteiger partial charge on any atom is -0.491 e. The molecule has 3 N–H and O–H groups in total. The molecular weight excluding hydrogens is 581 g/mol. The molecule has 8 nitrogen and oxygen atoms in total. The van der Waals surface area contributed by atoms with Gasteiger partial charge in [-0.1, -0.05) is 44.2 Å². The monoisotopic (exact) mass is 624 g/mol. The zero-order valence-electron chi connectivity index (χ0n) is 24.9. The molecule has 2 rings (SSSR count). The van der Waals surface area contributed by atoms with E-state index in [-0.39, 0.29) is 50.6 Å². The van der Waals surface area contributed by atoms with Gasteiger partial charge in [0.15, 0.2) is 6.29 Å². The van der Waals surface area contributed by atoms with Crippen LogP contribution in [-0.2, 0) is 33.5 Å². The van der Waals surface area contributed by atoms with Crippen molar-refractivity contribution in [2.75, 3.05) is 39.6 Å². The Balaban J connectivity index is 1.91. The van der Waals surface area contributed by atoms with E-state index in [0.717, 1.165) is 36.0 Å². The summed E-state index contributed by atoms with van der Waals surface area (Å²) in [5, 5.41) is 27.5. The average molecular weight is 625 g/mol. The number of alkyl halides is 3. The van der Waals surface area contributed by atoms with Gasteiger partial charge in [-0.2, -0.15) is 13.2 Å². The minimum atomic E-state index is -4.13. The number of aryl methyl sites for hydroxylation is 3. The highest BCUT2D eigenvalue weighted by Gasteiger charge is 2.25. The molecule has 0 heterocycles. The lowest BCUT2D eigenvalue weighted by molar-refractivity contribution is -0.140. The highest BCUT2D eigenvalue weighted by atomic mass is 19.4. The Morgan fingerprint density at radius 1 is 0.773 bits per heavy atom. The van der Waals surface area contributed by atoms with Crippen molar-refractivity contribution in [3.8, 4) is 11.5 Å².